The highest BCUT2D eigenvalue weighted by Crippen LogP contribution is 2.27. The van der Waals surface area contributed by atoms with Crippen molar-refractivity contribution in [1.82, 2.24) is 4.90 Å². The van der Waals surface area contributed by atoms with E-state index < -0.39 is 0 Å². The second-order valence-corrected chi connectivity index (χ2v) is 6.53. The number of piperidine rings is 1. The Morgan fingerprint density at radius 1 is 1.08 bits per heavy atom. The van der Waals surface area contributed by atoms with Gasteiger partial charge in [-0.05, 0) is 55.8 Å². The predicted octanol–water partition coefficient (Wildman–Crippen LogP) is 3.69. The number of anilines is 2. The third-order valence-corrected chi connectivity index (χ3v) is 4.66. The maximum absolute atomic E-state index is 12.2. The Hall–Kier alpha value is -2.46. The molecule has 0 atom stereocenters. The fourth-order valence-electron chi connectivity index (χ4n) is 3.35. The number of hydrogen-bond acceptors (Lipinski definition) is 3. The van der Waals surface area contributed by atoms with Crippen molar-refractivity contribution < 1.29 is 9.59 Å². The van der Waals surface area contributed by atoms with Gasteiger partial charge in [-0.25, -0.2) is 0 Å². The van der Waals surface area contributed by atoms with Crippen LogP contribution in [0.1, 0.15) is 25.3 Å². The molecule has 1 aliphatic heterocycles. The largest absolute Gasteiger partial charge is 0.299 e. The highest BCUT2D eigenvalue weighted by atomic mass is 16.2. The van der Waals surface area contributed by atoms with Crippen molar-refractivity contribution in [3.63, 3.8) is 0 Å². The van der Waals surface area contributed by atoms with Gasteiger partial charge >= 0.3 is 0 Å². The van der Waals surface area contributed by atoms with Gasteiger partial charge in [-0.3, -0.25) is 19.4 Å². The number of likely N-dealkylation sites (tertiary alicyclic amines) is 1. The van der Waals surface area contributed by atoms with Gasteiger partial charge in [-0.15, -0.1) is 0 Å². The molecule has 1 radical (unpaired) electrons. The zero-order chi connectivity index (χ0) is 17.6. The van der Waals surface area contributed by atoms with Crippen LogP contribution in [0.3, 0.4) is 0 Å². The molecule has 4 nitrogen and oxygen atoms in total. The first-order valence-electron chi connectivity index (χ1n) is 8.72. The first-order valence-corrected chi connectivity index (χ1v) is 8.72. The molecule has 1 amide bonds. The number of nitrogens with zero attached hydrogens (tertiary/aromatic N) is 2. The van der Waals surface area contributed by atoms with E-state index in [1.165, 1.54) is 5.56 Å². The van der Waals surface area contributed by atoms with E-state index in [1.54, 1.807) is 11.8 Å². The van der Waals surface area contributed by atoms with E-state index in [-0.39, 0.29) is 11.8 Å². The highest BCUT2D eigenvalue weighted by Gasteiger charge is 2.20. The molecule has 129 valence electrons. The maximum atomic E-state index is 12.2. The monoisotopic (exact) mass is 335 g/mol. The lowest BCUT2D eigenvalue weighted by molar-refractivity contribution is -0.115. The molecule has 0 saturated carbocycles. The van der Waals surface area contributed by atoms with Crippen molar-refractivity contribution in [2.45, 2.75) is 26.3 Å². The molecule has 1 saturated heterocycles. The number of hydrogen-bond donors (Lipinski definition) is 0. The summed E-state index contributed by atoms with van der Waals surface area (Å²) in [6, 6.07) is 17.8. The van der Waals surface area contributed by atoms with Crippen LogP contribution in [0.15, 0.2) is 54.6 Å². The molecule has 0 unspecified atom stereocenters. The number of para-hydroxylation sites is 1. The number of rotatable bonds is 5. The molecule has 3 rings (SSSR count). The van der Waals surface area contributed by atoms with E-state index in [9.17, 15) is 9.59 Å². The van der Waals surface area contributed by atoms with E-state index in [4.69, 9.17) is 0 Å². The van der Waals surface area contributed by atoms with Gasteiger partial charge in [-0.2, -0.15) is 0 Å². The van der Waals surface area contributed by atoms with Gasteiger partial charge in [0.2, 0.25) is 12.2 Å². The summed E-state index contributed by atoms with van der Waals surface area (Å²) in [5.74, 6) is 0.0829. The van der Waals surface area contributed by atoms with E-state index in [1.807, 2.05) is 42.5 Å². The minimum Gasteiger partial charge on any atom is -0.299 e. The second kappa shape index (κ2) is 8.08. The van der Waals surface area contributed by atoms with Gasteiger partial charge in [-0.1, -0.05) is 30.3 Å². The predicted molar refractivity (Wildman–Crippen MR) is 99.4 cm³/mol. The Bertz CT molecular complexity index is 722. The van der Waals surface area contributed by atoms with Crippen molar-refractivity contribution in [1.29, 1.82) is 0 Å². The smallest absolute Gasteiger partial charge is 0.228 e. The van der Waals surface area contributed by atoms with Crippen LogP contribution in [0.4, 0.5) is 11.4 Å². The lowest BCUT2D eigenvalue weighted by Gasteiger charge is -2.29. The summed E-state index contributed by atoms with van der Waals surface area (Å²) in [6.07, 6.45) is 3.89. The zero-order valence-corrected chi connectivity index (χ0v) is 14.5. The molecule has 4 heteroatoms. The molecule has 1 heterocycles. The summed E-state index contributed by atoms with van der Waals surface area (Å²) in [6.45, 7) is 4.25. The van der Waals surface area contributed by atoms with Crippen molar-refractivity contribution in [2.24, 2.45) is 5.92 Å². The Morgan fingerprint density at radius 3 is 2.40 bits per heavy atom. The first kappa shape index (κ1) is 17.4. The Balaban J connectivity index is 1.76. The molecule has 1 fully saturated rings. The molecular weight excluding hydrogens is 312 g/mol. The van der Waals surface area contributed by atoms with E-state index >= 15 is 0 Å². The Morgan fingerprint density at radius 2 is 1.76 bits per heavy atom. The molecular formula is C21H23N2O2. The third kappa shape index (κ3) is 4.34. The van der Waals surface area contributed by atoms with Crippen LogP contribution in [0, 0.1) is 5.92 Å². The van der Waals surface area contributed by atoms with Crippen LogP contribution in [-0.2, 0) is 16.1 Å². The minimum atomic E-state index is -0.00863. The summed E-state index contributed by atoms with van der Waals surface area (Å²) in [4.78, 5) is 27.0. The molecule has 0 N–H and O–H groups in total. The van der Waals surface area contributed by atoms with Gasteiger partial charge in [0.1, 0.15) is 0 Å². The van der Waals surface area contributed by atoms with Crippen molar-refractivity contribution in [3.8, 4) is 0 Å². The first-order chi connectivity index (χ1) is 12.2. The zero-order valence-electron chi connectivity index (χ0n) is 14.5. The molecule has 2 aromatic rings. The van der Waals surface area contributed by atoms with E-state index in [2.05, 4.69) is 23.3 Å². The highest BCUT2D eigenvalue weighted by molar-refractivity contribution is 5.99. The summed E-state index contributed by atoms with van der Waals surface area (Å²) in [5, 5.41) is 0. The van der Waals surface area contributed by atoms with Crippen LogP contribution in [0.2, 0.25) is 0 Å². The lowest BCUT2D eigenvalue weighted by Crippen LogP contribution is -2.33. The summed E-state index contributed by atoms with van der Waals surface area (Å²) < 4.78 is 0. The molecule has 0 aromatic heterocycles. The molecule has 1 aliphatic rings. The third-order valence-electron chi connectivity index (χ3n) is 4.66. The Labute approximate surface area is 149 Å². The average Bonchev–Trinajstić information content (AvgIpc) is 2.63. The van der Waals surface area contributed by atoms with Gasteiger partial charge in [0, 0.05) is 30.8 Å². The summed E-state index contributed by atoms with van der Waals surface area (Å²) in [7, 11) is 0. The van der Waals surface area contributed by atoms with Gasteiger partial charge < -0.3 is 0 Å². The SMILES string of the molecule is CC(=O)N(c1ccccc1)c1cccc(CN2CCC([C]=O)CC2)c1. The van der Waals surface area contributed by atoms with Crippen LogP contribution in [-0.4, -0.2) is 30.2 Å². The quantitative estimate of drug-likeness (QED) is 0.837. The van der Waals surface area contributed by atoms with Gasteiger partial charge in [0.25, 0.3) is 0 Å². The molecule has 0 bridgehead atoms. The second-order valence-electron chi connectivity index (χ2n) is 6.53. The maximum Gasteiger partial charge on any atom is 0.228 e. The standard InChI is InChI=1S/C21H23N2O2/c1-17(25)23(20-7-3-2-4-8-20)21-9-5-6-19(14-21)15-22-12-10-18(16-24)11-13-22/h2-9,14,18H,10-13,15H2,1H3. The summed E-state index contributed by atoms with van der Waals surface area (Å²) >= 11 is 0. The van der Waals surface area contributed by atoms with Crippen molar-refractivity contribution in [3.05, 3.63) is 60.2 Å². The topological polar surface area (TPSA) is 40.6 Å². The van der Waals surface area contributed by atoms with Crippen LogP contribution in [0.5, 0.6) is 0 Å². The number of carbonyl (C=O) groups excluding carboxylic acids is 2. The number of benzene rings is 2. The molecule has 25 heavy (non-hydrogen) atoms. The molecule has 0 spiro atoms. The number of amides is 1. The average molecular weight is 335 g/mol. The molecule has 0 aliphatic carbocycles. The van der Waals surface area contributed by atoms with Crippen LogP contribution < -0.4 is 4.90 Å². The van der Waals surface area contributed by atoms with Crippen LogP contribution in [0.25, 0.3) is 0 Å². The number of carbonyl (C=O) groups is 1. The molecule has 2 aromatic carbocycles. The van der Waals surface area contributed by atoms with Crippen molar-refractivity contribution in [2.75, 3.05) is 18.0 Å². The minimum absolute atomic E-state index is 0.00863. The van der Waals surface area contributed by atoms with Gasteiger partial charge in [0.05, 0.1) is 0 Å². The fourth-order valence-corrected chi connectivity index (χ4v) is 3.35. The van der Waals surface area contributed by atoms with E-state index in [0.29, 0.717) is 0 Å². The normalized spacial score (nSPS) is 15.7. The van der Waals surface area contributed by atoms with E-state index in [0.717, 1.165) is 43.9 Å². The van der Waals surface area contributed by atoms with Crippen molar-refractivity contribution >= 4 is 23.6 Å². The van der Waals surface area contributed by atoms with Crippen LogP contribution >= 0.6 is 0 Å². The van der Waals surface area contributed by atoms with Gasteiger partial charge in [0.15, 0.2) is 0 Å². The lowest BCUT2D eigenvalue weighted by atomic mass is 9.98. The fraction of sp³-hybridized carbons (Fsp3) is 0.333. The summed E-state index contributed by atoms with van der Waals surface area (Å²) in [5.41, 5.74) is 2.93. The Kier molecular flexibility index (Phi) is 5.61.